The lowest BCUT2D eigenvalue weighted by Crippen LogP contribution is -2.53. The van der Waals surface area contributed by atoms with E-state index < -0.39 is 23.4 Å². The summed E-state index contributed by atoms with van der Waals surface area (Å²) >= 11 is 0. The van der Waals surface area contributed by atoms with Crippen LogP contribution >= 0.6 is 0 Å². The summed E-state index contributed by atoms with van der Waals surface area (Å²) in [5.74, 6) is -1.05. The number of hydrogen-bond donors (Lipinski definition) is 4. The van der Waals surface area contributed by atoms with Crippen LogP contribution in [0.3, 0.4) is 0 Å². The van der Waals surface area contributed by atoms with Gasteiger partial charge in [0.2, 0.25) is 0 Å². The van der Waals surface area contributed by atoms with Crippen molar-refractivity contribution in [1.29, 1.82) is 0 Å². The average molecular weight is 334 g/mol. The summed E-state index contributed by atoms with van der Waals surface area (Å²) in [4.78, 5) is 35.5. The predicted octanol–water partition coefficient (Wildman–Crippen LogP) is 1.63. The van der Waals surface area contributed by atoms with Crippen LogP contribution in [0, 0.1) is 18.7 Å². The molecular weight excluding hydrogens is 315 g/mol. The minimum atomic E-state index is -0.946. The van der Waals surface area contributed by atoms with Crippen LogP contribution in [-0.2, 0) is 4.79 Å². The number of imide groups is 1. The number of rotatable bonds is 3. The number of carbonyl (C=O) groups excluding carboxylic acids is 3. The highest BCUT2D eigenvalue weighted by Gasteiger charge is 2.54. The highest BCUT2D eigenvalue weighted by atomic mass is 19.1. The number of carbonyl (C=O) groups is 3. The Morgan fingerprint density at radius 1 is 1.42 bits per heavy atom. The van der Waals surface area contributed by atoms with Crippen molar-refractivity contribution < 1.29 is 18.8 Å². The number of benzene rings is 1. The number of para-hydroxylation sites is 1. The second kappa shape index (κ2) is 6.10. The standard InChI is InChI=1S/C16H19FN4O3/c1-9-4-2-6-11(17)12(9)19-14(23)18-8-10-5-3-7-16(10)13(22)20-15(24)21-16/h2,4,6,10H,3,5,7-8H2,1H3,(H2,18,19,23)(H2,20,21,22,24)/t10-,16-/m1/s1. The Morgan fingerprint density at radius 2 is 2.21 bits per heavy atom. The Kier molecular flexibility index (Phi) is 4.13. The molecule has 1 aliphatic carbocycles. The monoisotopic (exact) mass is 334 g/mol. The van der Waals surface area contributed by atoms with Gasteiger partial charge in [-0.1, -0.05) is 18.6 Å². The molecule has 1 saturated heterocycles. The zero-order valence-electron chi connectivity index (χ0n) is 13.2. The number of amides is 5. The van der Waals surface area contributed by atoms with Crippen molar-refractivity contribution in [3.05, 3.63) is 29.6 Å². The van der Waals surface area contributed by atoms with Crippen molar-refractivity contribution in [1.82, 2.24) is 16.0 Å². The van der Waals surface area contributed by atoms with E-state index in [0.717, 1.165) is 6.42 Å². The summed E-state index contributed by atoms with van der Waals surface area (Å²) in [5.41, 5.74) is -0.203. The van der Waals surface area contributed by atoms with Crippen molar-refractivity contribution in [2.24, 2.45) is 5.92 Å². The van der Waals surface area contributed by atoms with E-state index in [0.29, 0.717) is 18.4 Å². The summed E-state index contributed by atoms with van der Waals surface area (Å²) < 4.78 is 13.7. The quantitative estimate of drug-likeness (QED) is 0.632. The van der Waals surface area contributed by atoms with E-state index in [1.807, 2.05) is 0 Å². The van der Waals surface area contributed by atoms with Gasteiger partial charge in [-0.3, -0.25) is 10.1 Å². The summed E-state index contributed by atoms with van der Waals surface area (Å²) in [6.45, 7) is 1.91. The fourth-order valence-electron chi connectivity index (χ4n) is 3.49. The summed E-state index contributed by atoms with van der Waals surface area (Å²) in [5, 5.41) is 10.1. The molecule has 0 bridgehead atoms. The molecule has 0 aromatic heterocycles. The first-order valence-corrected chi connectivity index (χ1v) is 7.86. The molecule has 2 fully saturated rings. The Labute approximate surface area is 138 Å². The highest BCUT2D eigenvalue weighted by Crippen LogP contribution is 2.37. The van der Waals surface area contributed by atoms with Crippen molar-refractivity contribution in [3.8, 4) is 0 Å². The average Bonchev–Trinajstić information content (AvgIpc) is 3.05. The van der Waals surface area contributed by atoms with E-state index in [4.69, 9.17) is 0 Å². The van der Waals surface area contributed by atoms with Crippen LogP contribution in [0.5, 0.6) is 0 Å². The molecule has 1 heterocycles. The minimum Gasteiger partial charge on any atom is -0.337 e. The van der Waals surface area contributed by atoms with Gasteiger partial charge in [-0.15, -0.1) is 0 Å². The van der Waals surface area contributed by atoms with Gasteiger partial charge in [0.25, 0.3) is 5.91 Å². The molecule has 1 aromatic carbocycles. The highest BCUT2D eigenvalue weighted by molar-refractivity contribution is 6.07. The zero-order chi connectivity index (χ0) is 17.3. The van der Waals surface area contributed by atoms with E-state index >= 15 is 0 Å². The zero-order valence-corrected chi connectivity index (χ0v) is 13.2. The Hall–Kier alpha value is -2.64. The van der Waals surface area contributed by atoms with Crippen LogP contribution in [0.25, 0.3) is 0 Å². The first-order chi connectivity index (χ1) is 11.4. The van der Waals surface area contributed by atoms with Gasteiger partial charge >= 0.3 is 12.1 Å². The van der Waals surface area contributed by atoms with Crippen molar-refractivity contribution in [3.63, 3.8) is 0 Å². The molecular formula is C16H19FN4O3. The topological polar surface area (TPSA) is 99.3 Å². The molecule has 7 nitrogen and oxygen atoms in total. The molecule has 1 spiro atoms. The lowest BCUT2D eigenvalue weighted by atomic mass is 9.87. The van der Waals surface area contributed by atoms with Gasteiger partial charge in [0.05, 0.1) is 5.69 Å². The second-order valence-corrected chi connectivity index (χ2v) is 6.24. The summed E-state index contributed by atoms with van der Waals surface area (Å²) in [6, 6.07) is 3.49. The molecule has 0 unspecified atom stereocenters. The second-order valence-electron chi connectivity index (χ2n) is 6.24. The third-order valence-electron chi connectivity index (χ3n) is 4.76. The van der Waals surface area contributed by atoms with Crippen LogP contribution in [0.15, 0.2) is 18.2 Å². The van der Waals surface area contributed by atoms with Crippen LogP contribution in [0.1, 0.15) is 24.8 Å². The Balaban J connectivity index is 1.62. The fraction of sp³-hybridized carbons (Fsp3) is 0.438. The number of aryl methyl sites for hydroxylation is 1. The number of anilines is 1. The largest absolute Gasteiger partial charge is 0.337 e. The van der Waals surface area contributed by atoms with Crippen molar-refractivity contribution in [2.45, 2.75) is 31.7 Å². The third kappa shape index (κ3) is 2.79. The molecule has 4 N–H and O–H groups in total. The van der Waals surface area contributed by atoms with Crippen molar-refractivity contribution in [2.75, 3.05) is 11.9 Å². The fourth-order valence-corrected chi connectivity index (χ4v) is 3.49. The normalized spacial score (nSPS) is 25.5. The molecule has 2 atom stereocenters. The van der Waals surface area contributed by atoms with E-state index in [1.54, 1.807) is 19.1 Å². The Bertz CT molecular complexity index is 688. The maximum atomic E-state index is 13.7. The van der Waals surface area contributed by atoms with E-state index in [9.17, 15) is 18.8 Å². The molecule has 3 rings (SSSR count). The maximum Gasteiger partial charge on any atom is 0.322 e. The molecule has 8 heteroatoms. The first-order valence-electron chi connectivity index (χ1n) is 7.86. The van der Waals surface area contributed by atoms with Gasteiger partial charge in [0.1, 0.15) is 11.4 Å². The lowest BCUT2D eigenvalue weighted by molar-refractivity contribution is -0.125. The van der Waals surface area contributed by atoms with Gasteiger partial charge in [0.15, 0.2) is 0 Å². The number of nitrogens with one attached hydrogen (secondary N) is 4. The van der Waals surface area contributed by atoms with Crippen LogP contribution in [0.2, 0.25) is 0 Å². The van der Waals surface area contributed by atoms with Crippen LogP contribution in [-0.4, -0.2) is 30.1 Å². The SMILES string of the molecule is Cc1cccc(F)c1NC(=O)NC[C@H]1CCC[C@@]12NC(=O)NC2=O. The minimum absolute atomic E-state index is 0.128. The van der Waals surface area contributed by atoms with Gasteiger partial charge in [-0.25, -0.2) is 14.0 Å². The molecule has 1 aliphatic heterocycles. The van der Waals surface area contributed by atoms with E-state index in [1.165, 1.54) is 6.07 Å². The molecule has 5 amide bonds. The van der Waals surface area contributed by atoms with Crippen molar-refractivity contribution >= 4 is 23.7 Å². The molecule has 1 saturated carbocycles. The molecule has 2 aliphatic rings. The van der Waals surface area contributed by atoms with Gasteiger partial charge in [-0.05, 0) is 31.4 Å². The molecule has 0 radical (unpaired) electrons. The number of hydrogen-bond acceptors (Lipinski definition) is 3. The number of halogens is 1. The predicted molar refractivity (Wildman–Crippen MR) is 84.9 cm³/mol. The van der Waals surface area contributed by atoms with Gasteiger partial charge in [-0.2, -0.15) is 0 Å². The van der Waals surface area contributed by atoms with E-state index in [-0.39, 0.29) is 24.1 Å². The summed E-state index contributed by atoms with van der Waals surface area (Å²) in [6.07, 6.45) is 2.05. The lowest BCUT2D eigenvalue weighted by Gasteiger charge is -2.28. The molecule has 128 valence electrons. The van der Waals surface area contributed by atoms with Crippen LogP contribution < -0.4 is 21.3 Å². The van der Waals surface area contributed by atoms with Crippen LogP contribution in [0.4, 0.5) is 19.7 Å². The van der Waals surface area contributed by atoms with E-state index in [2.05, 4.69) is 21.3 Å². The maximum absolute atomic E-state index is 13.7. The smallest absolute Gasteiger partial charge is 0.322 e. The first kappa shape index (κ1) is 16.2. The third-order valence-corrected chi connectivity index (χ3v) is 4.76. The summed E-state index contributed by atoms with van der Waals surface area (Å²) in [7, 11) is 0. The Morgan fingerprint density at radius 3 is 2.88 bits per heavy atom. The number of urea groups is 2. The van der Waals surface area contributed by atoms with Gasteiger partial charge in [0, 0.05) is 12.5 Å². The molecule has 1 aromatic rings. The molecule has 24 heavy (non-hydrogen) atoms. The van der Waals surface area contributed by atoms with Gasteiger partial charge < -0.3 is 16.0 Å².